The molecule has 0 radical (unpaired) electrons. The molecule has 1 atom stereocenters. The lowest BCUT2D eigenvalue weighted by atomic mass is 10.1. The monoisotopic (exact) mass is 281 g/mol. The molecule has 1 heterocycles. The van der Waals surface area contributed by atoms with Gasteiger partial charge in [-0.2, -0.15) is 0 Å². The number of anilines is 1. The van der Waals surface area contributed by atoms with Crippen molar-refractivity contribution in [3.63, 3.8) is 0 Å². The average molecular weight is 282 g/mol. The van der Waals surface area contributed by atoms with Crippen LogP contribution in [0.1, 0.15) is 6.92 Å². The van der Waals surface area contributed by atoms with Crippen LogP contribution in [-0.4, -0.2) is 27.4 Å². The van der Waals surface area contributed by atoms with Crippen LogP contribution in [0.15, 0.2) is 36.7 Å². The maximum atomic E-state index is 11.6. The Morgan fingerprint density at radius 1 is 1.42 bits per heavy atom. The van der Waals surface area contributed by atoms with Crippen LogP contribution in [0.4, 0.5) is 5.69 Å². The van der Waals surface area contributed by atoms with E-state index in [2.05, 4.69) is 15.6 Å². The van der Waals surface area contributed by atoms with E-state index in [1.165, 1.54) is 0 Å². The number of hydrogen-bond acceptors (Lipinski definition) is 4. The van der Waals surface area contributed by atoms with E-state index in [-0.39, 0.29) is 24.2 Å². The lowest BCUT2D eigenvalue weighted by Crippen LogP contribution is -2.26. The molecule has 1 amide bonds. The SMILES string of the molecule is CC(CN)C(=O)Nc1ccc(-n2ccnn2)cc1.Cl. The predicted octanol–water partition coefficient (Wildman–Crippen LogP) is 1.22. The van der Waals surface area contributed by atoms with Gasteiger partial charge < -0.3 is 11.1 Å². The van der Waals surface area contributed by atoms with Gasteiger partial charge in [-0.1, -0.05) is 12.1 Å². The second kappa shape index (κ2) is 6.86. The van der Waals surface area contributed by atoms with Gasteiger partial charge >= 0.3 is 0 Å². The Balaban J connectivity index is 0.00000180. The van der Waals surface area contributed by atoms with Crippen LogP contribution in [-0.2, 0) is 4.79 Å². The van der Waals surface area contributed by atoms with E-state index in [4.69, 9.17) is 5.73 Å². The first-order valence-electron chi connectivity index (χ1n) is 5.68. The van der Waals surface area contributed by atoms with E-state index in [0.29, 0.717) is 6.54 Å². The van der Waals surface area contributed by atoms with Crippen LogP contribution in [0.5, 0.6) is 0 Å². The molecular weight excluding hydrogens is 266 g/mol. The fourth-order valence-corrected chi connectivity index (χ4v) is 1.42. The molecule has 2 rings (SSSR count). The molecule has 0 aliphatic heterocycles. The second-order valence-electron chi connectivity index (χ2n) is 4.02. The maximum Gasteiger partial charge on any atom is 0.228 e. The van der Waals surface area contributed by atoms with Crippen LogP contribution in [0.2, 0.25) is 0 Å². The highest BCUT2D eigenvalue weighted by Crippen LogP contribution is 2.13. The highest BCUT2D eigenvalue weighted by atomic mass is 35.5. The third-order valence-corrected chi connectivity index (χ3v) is 2.62. The van der Waals surface area contributed by atoms with Crippen LogP contribution in [0, 0.1) is 5.92 Å². The van der Waals surface area contributed by atoms with Crippen LogP contribution < -0.4 is 11.1 Å². The summed E-state index contributed by atoms with van der Waals surface area (Å²) in [5, 5.41) is 10.4. The normalized spacial score (nSPS) is 11.5. The smallest absolute Gasteiger partial charge is 0.228 e. The summed E-state index contributed by atoms with van der Waals surface area (Å²) in [4.78, 5) is 11.6. The third-order valence-electron chi connectivity index (χ3n) is 2.62. The van der Waals surface area contributed by atoms with Gasteiger partial charge in [0.1, 0.15) is 0 Å². The van der Waals surface area contributed by atoms with Gasteiger partial charge in [0.2, 0.25) is 5.91 Å². The molecule has 0 bridgehead atoms. The van der Waals surface area contributed by atoms with Crippen molar-refractivity contribution in [2.24, 2.45) is 11.7 Å². The van der Waals surface area contributed by atoms with Crippen molar-refractivity contribution in [3.05, 3.63) is 36.7 Å². The van der Waals surface area contributed by atoms with Crippen molar-refractivity contribution in [3.8, 4) is 5.69 Å². The predicted molar refractivity (Wildman–Crippen MR) is 75.5 cm³/mol. The van der Waals surface area contributed by atoms with Gasteiger partial charge in [0.15, 0.2) is 0 Å². The third kappa shape index (κ3) is 3.77. The summed E-state index contributed by atoms with van der Waals surface area (Å²) in [7, 11) is 0. The summed E-state index contributed by atoms with van der Waals surface area (Å²) in [6, 6.07) is 7.35. The minimum atomic E-state index is -0.194. The van der Waals surface area contributed by atoms with Gasteiger partial charge in [0, 0.05) is 18.2 Å². The first-order chi connectivity index (χ1) is 8.70. The Kier molecular flexibility index (Phi) is 5.47. The van der Waals surface area contributed by atoms with Crippen molar-refractivity contribution >= 4 is 24.0 Å². The number of nitrogens with zero attached hydrogens (tertiary/aromatic N) is 3. The van der Waals surface area contributed by atoms with Gasteiger partial charge in [-0.15, -0.1) is 17.5 Å². The molecule has 3 N–H and O–H groups in total. The van der Waals surface area contributed by atoms with Crippen molar-refractivity contribution in [2.75, 3.05) is 11.9 Å². The zero-order valence-electron chi connectivity index (χ0n) is 10.5. The molecule has 102 valence electrons. The first kappa shape index (κ1) is 15.1. The van der Waals surface area contributed by atoms with Crippen LogP contribution in [0.3, 0.4) is 0 Å². The fraction of sp³-hybridized carbons (Fsp3) is 0.250. The van der Waals surface area contributed by atoms with E-state index in [9.17, 15) is 4.79 Å². The van der Waals surface area contributed by atoms with Gasteiger partial charge in [0.05, 0.1) is 18.1 Å². The molecule has 6 nitrogen and oxygen atoms in total. The van der Waals surface area contributed by atoms with Crippen molar-refractivity contribution < 1.29 is 4.79 Å². The number of nitrogens with one attached hydrogen (secondary N) is 1. The number of nitrogens with two attached hydrogens (primary N) is 1. The van der Waals surface area contributed by atoms with Gasteiger partial charge in [-0.05, 0) is 24.3 Å². The van der Waals surface area contributed by atoms with Crippen molar-refractivity contribution in [2.45, 2.75) is 6.92 Å². The number of rotatable bonds is 4. The van der Waals surface area contributed by atoms with Crippen LogP contribution >= 0.6 is 12.4 Å². The summed E-state index contributed by atoms with van der Waals surface area (Å²) in [6.07, 6.45) is 3.36. The fourth-order valence-electron chi connectivity index (χ4n) is 1.42. The number of hydrogen-bond donors (Lipinski definition) is 2. The molecule has 0 spiro atoms. The van der Waals surface area contributed by atoms with E-state index >= 15 is 0 Å². The quantitative estimate of drug-likeness (QED) is 0.882. The number of benzene rings is 1. The average Bonchev–Trinajstić information content (AvgIpc) is 2.92. The number of amides is 1. The van der Waals surface area contributed by atoms with E-state index in [1.54, 1.807) is 24.0 Å². The molecule has 0 saturated carbocycles. The second-order valence-corrected chi connectivity index (χ2v) is 4.02. The zero-order chi connectivity index (χ0) is 13.0. The molecule has 1 aromatic heterocycles. The summed E-state index contributed by atoms with van der Waals surface area (Å²) in [5.41, 5.74) is 7.06. The minimum absolute atomic E-state index is 0. The maximum absolute atomic E-state index is 11.6. The number of halogens is 1. The topological polar surface area (TPSA) is 85.8 Å². The summed E-state index contributed by atoms with van der Waals surface area (Å²) in [6.45, 7) is 2.13. The first-order valence-corrected chi connectivity index (χ1v) is 5.68. The minimum Gasteiger partial charge on any atom is -0.330 e. The number of carbonyl (C=O) groups is 1. The van der Waals surface area contributed by atoms with E-state index < -0.39 is 0 Å². The standard InChI is InChI=1S/C12H15N5O.ClH/c1-9(8-13)12(18)15-10-2-4-11(5-3-10)17-7-6-14-16-17;/h2-7,9H,8,13H2,1H3,(H,15,18);1H. The number of aromatic nitrogens is 3. The zero-order valence-corrected chi connectivity index (χ0v) is 11.3. The molecule has 19 heavy (non-hydrogen) atoms. The van der Waals surface area contributed by atoms with Gasteiger partial charge in [-0.25, -0.2) is 4.68 Å². The lowest BCUT2D eigenvalue weighted by Gasteiger charge is -2.10. The van der Waals surface area contributed by atoms with Crippen molar-refractivity contribution in [1.82, 2.24) is 15.0 Å². The molecule has 1 unspecified atom stereocenters. The van der Waals surface area contributed by atoms with Gasteiger partial charge in [-0.3, -0.25) is 4.79 Å². The Morgan fingerprint density at radius 3 is 2.63 bits per heavy atom. The lowest BCUT2D eigenvalue weighted by molar-refractivity contribution is -0.119. The Bertz CT molecular complexity index is 511. The van der Waals surface area contributed by atoms with E-state index in [0.717, 1.165) is 11.4 Å². The van der Waals surface area contributed by atoms with Crippen LogP contribution in [0.25, 0.3) is 5.69 Å². The van der Waals surface area contributed by atoms with E-state index in [1.807, 2.05) is 24.3 Å². The Labute approximate surface area is 117 Å². The summed E-state index contributed by atoms with van der Waals surface area (Å²) >= 11 is 0. The molecule has 1 aromatic carbocycles. The largest absolute Gasteiger partial charge is 0.330 e. The molecule has 0 fully saturated rings. The number of carbonyl (C=O) groups excluding carboxylic acids is 1. The summed E-state index contributed by atoms with van der Waals surface area (Å²) in [5.74, 6) is -0.272. The van der Waals surface area contributed by atoms with Crippen molar-refractivity contribution in [1.29, 1.82) is 0 Å². The molecule has 0 saturated heterocycles. The molecule has 7 heteroatoms. The molecule has 2 aromatic rings. The highest BCUT2D eigenvalue weighted by Gasteiger charge is 2.10. The molecule has 0 aliphatic carbocycles. The Morgan fingerprint density at radius 2 is 2.11 bits per heavy atom. The Hall–Kier alpha value is -1.92. The molecular formula is C12H16ClN5O. The molecule has 0 aliphatic rings. The van der Waals surface area contributed by atoms with Gasteiger partial charge in [0.25, 0.3) is 0 Å². The summed E-state index contributed by atoms with van der Waals surface area (Å²) < 4.78 is 1.65. The highest BCUT2D eigenvalue weighted by molar-refractivity contribution is 5.92.